The number of benzene rings is 1. The van der Waals surface area contributed by atoms with Crippen LogP contribution in [0.2, 0.25) is 10.0 Å². The van der Waals surface area contributed by atoms with Gasteiger partial charge in [-0.05, 0) is 31.5 Å². The first kappa shape index (κ1) is 13.2. The van der Waals surface area contributed by atoms with Gasteiger partial charge in [-0.1, -0.05) is 29.3 Å². The summed E-state index contributed by atoms with van der Waals surface area (Å²) in [4.78, 5) is 0. The third-order valence-corrected chi connectivity index (χ3v) is 3.24. The van der Waals surface area contributed by atoms with Crippen molar-refractivity contribution >= 4 is 23.2 Å². The van der Waals surface area contributed by atoms with Crippen molar-refractivity contribution < 1.29 is 4.74 Å². The molecule has 3 nitrogen and oxygen atoms in total. The molecule has 1 aromatic heterocycles. The maximum atomic E-state index is 5.94. The molecule has 0 aliphatic carbocycles. The molecule has 0 fully saturated rings. The molecule has 5 heteroatoms. The van der Waals surface area contributed by atoms with E-state index in [0.29, 0.717) is 22.7 Å². The van der Waals surface area contributed by atoms with E-state index >= 15 is 0 Å². The zero-order valence-corrected chi connectivity index (χ0v) is 11.7. The van der Waals surface area contributed by atoms with Crippen LogP contribution in [0.5, 0.6) is 5.75 Å². The van der Waals surface area contributed by atoms with Gasteiger partial charge in [0, 0.05) is 6.04 Å². The Morgan fingerprint density at radius 3 is 2.67 bits per heavy atom. The van der Waals surface area contributed by atoms with Crippen LogP contribution >= 0.6 is 23.2 Å². The van der Waals surface area contributed by atoms with Gasteiger partial charge in [0.25, 0.3) is 0 Å². The van der Waals surface area contributed by atoms with Gasteiger partial charge in [-0.15, -0.1) is 0 Å². The fourth-order valence-electron chi connectivity index (χ4n) is 1.47. The first-order valence-corrected chi connectivity index (χ1v) is 6.42. The molecule has 96 valence electrons. The second kappa shape index (κ2) is 5.63. The second-order valence-electron chi connectivity index (χ2n) is 4.29. The van der Waals surface area contributed by atoms with Crippen LogP contribution in [-0.2, 0) is 6.61 Å². The number of ether oxygens (including phenoxy) is 1. The summed E-state index contributed by atoms with van der Waals surface area (Å²) in [5.41, 5.74) is 0.974. The molecule has 0 aliphatic rings. The molecular weight excluding hydrogens is 271 g/mol. The first-order chi connectivity index (χ1) is 8.56. The topological polar surface area (TPSA) is 27.1 Å². The van der Waals surface area contributed by atoms with E-state index in [1.54, 1.807) is 18.3 Å². The highest BCUT2D eigenvalue weighted by Gasteiger charge is 2.04. The Morgan fingerprint density at radius 2 is 2.06 bits per heavy atom. The maximum absolute atomic E-state index is 5.94. The second-order valence-corrected chi connectivity index (χ2v) is 5.10. The van der Waals surface area contributed by atoms with Crippen molar-refractivity contribution in [3.63, 3.8) is 0 Å². The molecule has 0 unspecified atom stereocenters. The standard InChI is InChI=1S/C13H14Cl2N2O/c1-9(2)17-7-11(6-16-17)18-8-10-3-4-12(14)13(15)5-10/h3-7,9H,8H2,1-2H3. The van der Waals surface area contributed by atoms with Crippen molar-refractivity contribution in [3.05, 3.63) is 46.2 Å². The van der Waals surface area contributed by atoms with Crippen molar-refractivity contribution in [1.82, 2.24) is 9.78 Å². The van der Waals surface area contributed by atoms with Gasteiger partial charge in [-0.3, -0.25) is 4.68 Å². The third-order valence-electron chi connectivity index (χ3n) is 2.50. The highest BCUT2D eigenvalue weighted by molar-refractivity contribution is 6.42. The van der Waals surface area contributed by atoms with Crippen LogP contribution in [0.3, 0.4) is 0 Å². The Balaban J connectivity index is 2.00. The van der Waals surface area contributed by atoms with E-state index in [0.717, 1.165) is 11.3 Å². The summed E-state index contributed by atoms with van der Waals surface area (Å²) in [6.45, 7) is 4.58. The van der Waals surface area contributed by atoms with E-state index in [2.05, 4.69) is 18.9 Å². The molecule has 2 aromatic rings. The van der Waals surface area contributed by atoms with Crippen molar-refractivity contribution in [2.45, 2.75) is 26.5 Å². The highest BCUT2D eigenvalue weighted by Crippen LogP contribution is 2.23. The summed E-state index contributed by atoms with van der Waals surface area (Å²) in [5, 5.41) is 5.29. The lowest BCUT2D eigenvalue weighted by atomic mass is 10.2. The molecule has 0 N–H and O–H groups in total. The van der Waals surface area contributed by atoms with Crippen LogP contribution in [0.25, 0.3) is 0 Å². The zero-order chi connectivity index (χ0) is 13.1. The van der Waals surface area contributed by atoms with Crippen LogP contribution in [0.1, 0.15) is 25.5 Å². The minimum atomic E-state index is 0.326. The van der Waals surface area contributed by atoms with Gasteiger partial charge in [0.2, 0.25) is 0 Å². The van der Waals surface area contributed by atoms with Gasteiger partial charge >= 0.3 is 0 Å². The van der Waals surface area contributed by atoms with Crippen molar-refractivity contribution in [3.8, 4) is 5.75 Å². The Bertz CT molecular complexity index is 538. The molecule has 18 heavy (non-hydrogen) atoms. The molecule has 1 heterocycles. The molecule has 1 aromatic carbocycles. The summed E-state index contributed by atoms with van der Waals surface area (Å²) in [5.74, 6) is 0.745. The van der Waals surface area contributed by atoms with Crippen LogP contribution < -0.4 is 4.74 Å². The third kappa shape index (κ3) is 3.18. The van der Waals surface area contributed by atoms with E-state index in [4.69, 9.17) is 27.9 Å². The lowest BCUT2D eigenvalue weighted by Crippen LogP contribution is -2.00. The fraction of sp³-hybridized carbons (Fsp3) is 0.308. The van der Waals surface area contributed by atoms with Gasteiger partial charge in [-0.2, -0.15) is 5.10 Å². The van der Waals surface area contributed by atoms with Crippen LogP contribution in [0.4, 0.5) is 0 Å². The lowest BCUT2D eigenvalue weighted by molar-refractivity contribution is 0.305. The van der Waals surface area contributed by atoms with Crippen molar-refractivity contribution in [2.75, 3.05) is 0 Å². The van der Waals surface area contributed by atoms with Gasteiger partial charge in [0.15, 0.2) is 5.75 Å². The van der Waals surface area contributed by atoms with Crippen LogP contribution in [0.15, 0.2) is 30.6 Å². The Kier molecular flexibility index (Phi) is 4.15. The molecular formula is C13H14Cl2N2O. The molecule has 0 bridgehead atoms. The summed E-state index contributed by atoms with van der Waals surface area (Å²) in [6, 6.07) is 5.78. The largest absolute Gasteiger partial charge is 0.486 e. The van der Waals surface area contributed by atoms with Crippen LogP contribution in [-0.4, -0.2) is 9.78 Å². The molecule has 0 aliphatic heterocycles. The number of halogens is 2. The Hall–Kier alpha value is -1.19. The monoisotopic (exact) mass is 284 g/mol. The molecule has 2 rings (SSSR count). The van der Waals surface area contributed by atoms with E-state index < -0.39 is 0 Å². The predicted octanol–water partition coefficient (Wildman–Crippen LogP) is 4.35. The van der Waals surface area contributed by atoms with Gasteiger partial charge < -0.3 is 4.74 Å². The summed E-state index contributed by atoms with van der Waals surface area (Å²) in [6.07, 6.45) is 3.58. The van der Waals surface area contributed by atoms with Gasteiger partial charge in [0.1, 0.15) is 6.61 Å². The van der Waals surface area contributed by atoms with Crippen molar-refractivity contribution in [1.29, 1.82) is 0 Å². The number of aromatic nitrogens is 2. The summed E-state index contributed by atoms with van der Waals surface area (Å²) < 4.78 is 7.48. The first-order valence-electron chi connectivity index (χ1n) is 5.67. The van der Waals surface area contributed by atoms with E-state index in [9.17, 15) is 0 Å². The van der Waals surface area contributed by atoms with Gasteiger partial charge in [-0.25, -0.2) is 0 Å². The van der Waals surface area contributed by atoms with E-state index in [1.807, 2.05) is 16.9 Å². The van der Waals surface area contributed by atoms with Crippen molar-refractivity contribution in [2.24, 2.45) is 0 Å². The smallest absolute Gasteiger partial charge is 0.157 e. The quantitative estimate of drug-likeness (QED) is 0.835. The minimum absolute atomic E-state index is 0.326. The summed E-state index contributed by atoms with van der Waals surface area (Å²) >= 11 is 11.8. The average Bonchev–Trinajstić information content (AvgIpc) is 2.79. The Morgan fingerprint density at radius 1 is 1.28 bits per heavy atom. The lowest BCUT2D eigenvalue weighted by Gasteiger charge is -2.05. The maximum Gasteiger partial charge on any atom is 0.157 e. The number of hydrogen-bond acceptors (Lipinski definition) is 2. The van der Waals surface area contributed by atoms with Crippen LogP contribution in [0, 0.1) is 0 Å². The number of nitrogens with zero attached hydrogens (tertiary/aromatic N) is 2. The Labute approximate surface area is 116 Å². The number of rotatable bonds is 4. The highest BCUT2D eigenvalue weighted by atomic mass is 35.5. The fourth-order valence-corrected chi connectivity index (χ4v) is 1.79. The molecule has 0 radical (unpaired) electrons. The average molecular weight is 285 g/mol. The SMILES string of the molecule is CC(C)n1cc(OCc2ccc(Cl)c(Cl)c2)cn1. The normalized spacial score (nSPS) is 10.9. The number of hydrogen-bond donors (Lipinski definition) is 0. The predicted molar refractivity (Wildman–Crippen MR) is 73.4 cm³/mol. The van der Waals surface area contributed by atoms with E-state index in [-0.39, 0.29) is 0 Å². The molecule has 0 saturated heterocycles. The van der Waals surface area contributed by atoms with Gasteiger partial charge in [0.05, 0.1) is 22.4 Å². The minimum Gasteiger partial charge on any atom is -0.486 e. The molecule has 0 spiro atoms. The molecule has 0 amide bonds. The summed E-state index contributed by atoms with van der Waals surface area (Å²) in [7, 11) is 0. The molecule has 0 atom stereocenters. The zero-order valence-electron chi connectivity index (χ0n) is 10.2. The molecule has 0 saturated carbocycles. The van der Waals surface area contributed by atoms with E-state index in [1.165, 1.54) is 0 Å².